The molecule has 0 amide bonds. The zero-order chi connectivity index (χ0) is 26.5. The molecule has 0 fully saturated rings. The second kappa shape index (κ2) is 11.1. The van der Waals surface area contributed by atoms with Crippen LogP contribution in [0.15, 0.2) is 66.7 Å². The predicted octanol–water partition coefficient (Wildman–Crippen LogP) is 6.49. The molecule has 0 bridgehead atoms. The summed E-state index contributed by atoms with van der Waals surface area (Å²) in [6.45, 7) is 12.7. The average molecular weight is 489 g/mol. The minimum Gasteiger partial charge on any atom is -0.457 e. The molecule has 0 spiro atoms. The Bertz CT molecular complexity index is 1100. The van der Waals surface area contributed by atoms with Gasteiger partial charge in [-0.2, -0.15) is 0 Å². The van der Waals surface area contributed by atoms with Crippen LogP contribution in [0.2, 0.25) is 0 Å². The van der Waals surface area contributed by atoms with Crippen molar-refractivity contribution in [3.63, 3.8) is 0 Å². The van der Waals surface area contributed by atoms with Gasteiger partial charge in [0.25, 0.3) is 0 Å². The normalized spacial score (nSPS) is 11.8. The van der Waals surface area contributed by atoms with E-state index in [1.807, 2.05) is 48.5 Å². The van der Waals surface area contributed by atoms with Gasteiger partial charge in [-0.15, -0.1) is 0 Å². The molecule has 0 unspecified atom stereocenters. The van der Waals surface area contributed by atoms with Gasteiger partial charge in [-0.25, -0.2) is 9.59 Å². The maximum atomic E-state index is 12.7. The van der Waals surface area contributed by atoms with E-state index in [1.54, 1.807) is 0 Å². The van der Waals surface area contributed by atoms with E-state index in [0.717, 1.165) is 11.1 Å². The summed E-state index contributed by atoms with van der Waals surface area (Å²) in [5, 5.41) is 9.64. The third-order valence-corrected chi connectivity index (χ3v) is 6.03. The smallest absolute Gasteiger partial charge is 0.338 e. The van der Waals surface area contributed by atoms with Gasteiger partial charge in [0, 0.05) is 0 Å². The molecule has 1 N–H and O–H groups in total. The van der Waals surface area contributed by atoms with Crippen LogP contribution in [-0.2, 0) is 40.1 Å². The number of esters is 2. The number of carbonyl (C=O) groups excluding carboxylic acids is 2. The molecular formula is C31H36O5. The van der Waals surface area contributed by atoms with Gasteiger partial charge < -0.3 is 14.6 Å². The number of benzene rings is 3. The summed E-state index contributed by atoms with van der Waals surface area (Å²) in [4.78, 5) is 25.4. The minimum atomic E-state index is -0.572. The first-order valence-corrected chi connectivity index (χ1v) is 12.1. The zero-order valence-electron chi connectivity index (χ0n) is 22.1. The van der Waals surface area contributed by atoms with E-state index < -0.39 is 11.9 Å². The number of rotatable bonds is 7. The number of hydrogen-bond donors (Lipinski definition) is 1. The third kappa shape index (κ3) is 7.28. The molecule has 5 nitrogen and oxygen atoms in total. The first-order chi connectivity index (χ1) is 16.9. The lowest BCUT2D eigenvalue weighted by atomic mass is 9.87. The minimum absolute atomic E-state index is 0.0425. The molecule has 0 heterocycles. The number of aliphatic hydroxyl groups is 1. The summed E-state index contributed by atoms with van der Waals surface area (Å²) in [5.41, 5.74) is 5.02. The van der Waals surface area contributed by atoms with Gasteiger partial charge in [0.15, 0.2) is 0 Å². The number of carbonyl (C=O) groups is 2. The SMILES string of the molecule is CC(C)(C)c1ccc(COC(=O)c2cc(CO)cc(C(=O)OCc3ccc(C(C)(C)C)cc3)c2)cc1. The fourth-order valence-electron chi connectivity index (χ4n) is 3.69. The molecule has 0 aliphatic heterocycles. The molecule has 0 aliphatic rings. The average Bonchev–Trinajstić information content (AvgIpc) is 2.84. The molecule has 0 aromatic heterocycles. The van der Waals surface area contributed by atoms with Gasteiger partial charge in [-0.3, -0.25) is 0 Å². The van der Waals surface area contributed by atoms with E-state index in [4.69, 9.17) is 9.47 Å². The topological polar surface area (TPSA) is 72.8 Å². The molecule has 190 valence electrons. The lowest BCUT2D eigenvalue weighted by molar-refractivity contribution is 0.0470. The number of ether oxygens (including phenoxy) is 2. The molecule has 0 radical (unpaired) electrons. The largest absolute Gasteiger partial charge is 0.457 e. The molecule has 3 aromatic carbocycles. The van der Waals surface area contributed by atoms with Gasteiger partial charge in [-0.1, -0.05) is 90.1 Å². The summed E-state index contributed by atoms with van der Waals surface area (Å²) < 4.78 is 10.9. The molecule has 0 saturated carbocycles. The van der Waals surface area contributed by atoms with Crippen molar-refractivity contribution in [2.24, 2.45) is 0 Å². The maximum absolute atomic E-state index is 12.7. The Labute approximate surface area is 214 Å². The van der Waals surface area contributed by atoms with E-state index in [1.165, 1.54) is 29.3 Å². The summed E-state index contributed by atoms with van der Waals surface area (Å²) in [6.07, 6.45) is 0. The van der Waals surface area contributed by atoms with Crippen LogP contribution < -0.4 is 0 Å². The second-order valence-electron chi connectivity index (χ2n) is 11.1. The summed E-state index contributed by atoms with van der Waals surface area (Å²) >= 11 is 0. The highest BCUT2D eigenvalue weighted by Gasteiger charge is 2.17. The first kappa shape index (κ1) is 27.2. The highest BCUT2D eigenvalue weighted by Crippen LogP contribution is 2.24. The standard InChI is InChI=1S/C31H36O5/c1-30(2,3)26-11-7-21(8-12-26)19-35-28(33)24-15-23(18-32)16-25(17-24)29(34)36-20-22-9-13-27(14-10-22)31(4,5)6/h7-17,32H,18-20H2,1-6H3. The quantitative estimate of drug-likeness (QED) is 0.385. The Hall–Kier alpha value is -3.44. The monoisotopic (exact) mass is 488 g/mol. The van der Waals surface area contributed by atoms with Crippen LogP contribution in [0.4, 0.5) is 0 Å². The van der Waals surface area contributed by atoms with Crippen molar-refractivity contribution in [2.45, 2.75) is 72.2 Å². The third-order valence-electron chi connectivity index (χ3n) is 6.03. The highest BCUT2D eigenvalue weighted by atomic mass is 16.5. The van der Waals surface area contributed by atoms with E-state index >= 15 is 0 Å². The van der Waals surface area contributed by atoms with Gasteiger partial charge >= 0.3 is 11.9 Å². The van der Waals surface area contributed by atoms with Crippen molar-refractivity contribution in [2.75, 3.05) is 0 Å². The molecule has 0 atom stereocenters. The zero-order valence-corrected chi connectivity index (χ0v) is 22.1. The second-order valence-corrected chi connectivity index (χ2v) is 11.1. The van der Waals surface area contributed by atoms with Crippen molar-refractivity contribution in [3.05, 3.63) is 106 Å². The van der Waals surface area contributed by atoms with Crippen molar-refractivity contribution < 1.29 is 24.2 Å². The molecule has 5 heteroatoms. The van der Waals surface area contributed by atoms with Crippen molar-refractivity contribution in [1.29, 1.82) is 0 Å². The van der Waals surface area contributed by atoms with E-state index in [-0.39, 0.29) is 41.8 Å². The van der Waals surface area contributed by atoms with Crippen LogP contribution in [0.3, 0.4) is 0 Å². The van der Waals surface area contributed by atoms with Gasteiger partial charge in [0.1, 0.15) is 13.2 Å². The Morgan fingerprint density at radius 2 is 0.972 bits per heavy atom. The maximum Gasteiger partial charge on any atom is 0.338 e. The van der Waals surface area contributed by atoms with Gasteiger partial charge in [-0.05, 0) is 56.8 Å². The van der Waals surface area contributed by atoms with Crippen LogP contribution in [0.1, 0.15) is 90.1 Å². The molecule has 3 aromatic rings. The van der Waals surface area contributed by atoms with Crippen LogP contribution in [-0.4, -0.2) is 17.0 Å². The molecule has 0 aliphatic carbocycles. The fraction of sp³-hybridized carbons (Fsp3) is 0.355. The highest BCUT2D eigenvalue weighted by molar-refractivity contribution is 5.95. The van der Waals surface area contributed by atoms with Crippen LogP contribution in [0.25, 0.3) is 0 Å². The number of aliphatic hydroxyl groups excluding tert-OH is 1. The Balaban J connectivity index is 1.65. The Kier molecular flexibility index (Phi) is 8.36. The molecule has 36 heavy (non-hydrogen) atoms. The van der Waals surface area contributed by atoms with Crippen molar-refractivity contribution in [1.82, 2.24) is 0 Å². The first-order valence-electron chi connectivity index (χ1n) is 12.1. The van der Waals surface area contributed by atoms with E-state index in [9.17, 15) is 14.7 Å². The fourth-order valence-corrected chi connectivity index (χ4v) is 3.69. The van der Waals surface area contributed by atoms with E-state index in [0.29, 0.717) is 5.56 Å². The summed E-state index contributed by atoms with van der Waals surface area (Å²) in [7, 11) is 0. The van der Waals surface area contributed by atoms with Gasteiger partial charge in [0.2, 0.25) is 0 Å². The number of hydrogen-bond acceptors (Lipinski definition) is 5. The molecule has 0 saturated heterocycles. The van der Waals surface area contributed by atoms with E-state index in [2.05, 4.69) is 41.5 Å². The Morgan fingerprint density at radius 3 is 1.28 bits per heavy atom. The lowest BCUT2D eigenvalue weighted by Crippen LogP contribution is -2.12. The van der Waals surface area contributed by atoms with Gasteiger partial charge in [0.05, 0.1) is 17.7 Å². The summed E-state index contributed by atoms with van der Waals surface area (Å²) in [5.74, 6) is -1.14. The van der Waals surface area contributed by atoms with Crippen molar-refractivity contribution in [3.8, 4) is 0 Å². The van der Waals surface area contributed by atoms with Crippen molar-refractivity contribution >= 4 is 11.9 Å². The van der Waals surface area contributed by atoms with Crippen LogP contribution in [0, 0.1) is 0 Å². The molecule has 3 rings (SSSR count). The summed E-state index contributed by atoms with van der Waals surface area (Å²) in [6, 6.07) is 20.4. The lowest BCUT2D eigenvalue weighted by Gasteiger charge is -2.19. The predicted molar refractivity (Wildman–Crippen MR) is 141 cm³/mol. The molecular weight excluding hydrogens is 452 g/mol. The van der Waals surface area contributed by atoms with Crippen LogP contribution in [0.5, 0.6) is 0 Å². The Morgan fingerprint density at radius 1 is 0.611 bits per heavy atom. The van der Waals surface area contributed by atoms with Crippen LogP contribution >= 0.6 is 0 Å².